The molecule has 0 radical (unpaired) electrons. The number of carbonyl (C=O) groups is 1. The van der Waals surface area contributed by atoms with Gasteiger partial charge in [0.25, 0.3) is 0 Å². The summed E-state index contributed by atoms with van der Waals surface area (Å²) in [6.07, 6.45) is 0. The van der Waals surface area contributed by atoms with E-state index in [-0.39, 0.29) is 6.03 Å². The number of rotatable bonds is 6. The largest absolute Gasteiger partial charge is 0.323 e. The molecule has 0 spiro atoms. The van der Waals surface area contributed by atoms with Crippen LogP contribution in [0.5, 0.6) is 0 Å². The number of urea groups is 1. The van der Waals surface area contributed by atoms with E-state index in [1.807, 2.05) is 91.9 Å². The van der Waals surface area contributed by atoms with E-state index in [2.05, 4.69) is 22.8 Å². The van der Waals surface area contributed by atoms with E-state index in [9.17, 15) is 4.79 Å². The number of nitrogens with one attached hydrogen (secondary N) is 2. The van der Waals surface area contributed by atoms with Gasteiger partial charge in [0, 0.05) is 15.5 Å². The van der Waals surface area contributed by atoms with Crippen molar-refractivity contribution in [2.45, 2.75) is 26.8 Å². The normalized spacial score (nSPS) is 10.5. The lowest BCUT2D eigenvalue weighted by atomic mass is 10.2. The Morgan fingerprint density at radius 2 is 1.42 bits per heavy atom. The number of aromatic nitrogens is 1. The second-order valence-electron chi connectivity index (χ2n) is 6.78. The molecule has 2 N–H and O–H groups in total. The molecule has 0 saturated heterocycles. The number of benzene rings is 3. The Labute approximate surface area is 190 Å². The molecular weight excluding hydrogens is 422 g/mol. The van der Waals surface area contributed by atoms with Gasteiger partial charge in [0.05, 0.1) is 5.69 Å². The number of aryl methyl sites for hydroxylation is 1. The molecule has 6 heteroatoms. The molecule has 0 unspecified atom stereocenters. The molecule has 4 rings (SSSR count). The number of hydrogen-bond donors (Lipinski definition) is 2. The number of nitrogens with zero attached hydrogens (tertiary/aromatic N) is 1. The maximum atomic E-state index is 12.6. The fourth-order valence-corrected chi connectivity index (χ4v) is 4.63. The third-order valence-electron chi connectivity index (χ3n) is 4.28. The average molecular weight is 444 g/mol. The Bertz CT molecular complexity index is 1170. The van der Waals surface area contributed by atoms with Crippen molar-refractivity contribution in [3.8, 4) is 0 Å². The minimum absolute atomic E-state index is 0.300. The molecule has 31 heavy (non-hydrogen) atoms. The molecule has 3 aromatic carbocycles. The summed E-state index contributed by atoms with van der Waals surface area (Å²) in [5.41, 5.74) is 2.50. The van der Waals surface area contributed by atoms with Crippen LogP contribution in [0.4, 0.5) is 16.2 Å². The van der Waals surface area contributed by atoms with Gasteiger partial charge in [-0.2, -0.15) is 0 Å². The molecule has 0 aliphatic rings. The molecule has 0 bridgehead atoms. The van der Waals surface area contributed by atoms with E-state index in [0.717, 1.165) is 31.1 Å². The maximum Gasteiger partial charge on any atom is 0.323 e. The van der Waals surface area contributed by atoms with E-state index in [1.165, 1.54) is 11.8 Å². The van der Waals surface area contributed by atoms with Gasteiger partial charge in [0.15, 0.2) is 0 Å². The maximum absolute atomic E-state index is 12.6. The summed E-state index contributed by atoms with van der Waals surface area (Å²) in [4.78, 5) is 19.6. The molecule has 0 atom stereocenters. The van der Waals surface area contributed by atoms with E-state index in [4.69, 9.17) is 4.98 Å². The minimum Gasteiger partial charge on any atom is -0.308 e. The highest BCUT2D eigenvalue weighted by Gasteiger charge is 2.12. The number of anilines is 2. The van der Waals surface area contributed by atoms with Crippen LogP contribution in [0.1, 0.15) is 5.56 Å². The molecule has 0 saturated carbocycles. The van der Waals surface area contributed by atoms with Gasteiger partial charge in [0.2, 0.25) is 0 Å². The summed E-state index contributed by atoms with van der Waals surface area (Å²) < 4.78 is 0. The molecule has 0 aliphatic carbocycles. The quantitative estimate of drug-likeness (QED) is 0.327. The first-order valence-corrected chi connectivity index (χ1v) is 11.4. The SMILES string of the molecule is Cc1cccc(NC(=O)Nc2ccc(Sc3ccccc3)nc2Sc2ccccc2)c1. The van der Waals surface area contributed by atoms with Gasteiger partial charge in [-0.05, 0) is 61.0 Å². The molecule has 0 aliphatic heterocycles. The van der Waals surface area contributed by atoms with Crippen molar-refractivity contribution in [3.63, 3.8) is 0 Å². The predicted molar refractivity (Wildman–Crippen MR) is 129 cm³/mol. The summed E-state index contributed by atoms with van der Waals surface area (Å²) >= 11 is 3.11. The van der Waals surface area contributed by atoms with Crippen LogP contribution in [0.3, 0.4) is 0 Å². The lowest BCUT2D eigenvalue weighted by molar-refractivity contribution is 0.262. The molecule has 2 amide bonds. The summed E-state index contributed by atoms with van der Waals surface area (Å²) in [7, 11) is 0. The summed E-state index contributed by atoms with van der Waals surface area (Å²) in [5, 5.41) is 7.44. The van der Waals surface area contributed by atoms with Crippen molar-refractivity contribution >= 4 is 40.9 Å². The third-order valence-corrected chi connectivity index (χ3v) is 6.24. The first-order chi connectivity index (χ1) is 15.2. The molecule has 1 aromatic heterocycles. The number of pyridine rings is 1. The standard InChI is InChI=1S/C25H21N3OS2/c1-18-9-8-10-19(17-18)26-25(29)27-22-15-16-23(30-20-11-4-2-5-12-20)28-24(22)31-21-13-6-3-7-14-21/h2-17H,1H3,(H2,26,27,29). The fraction of sp³-hybridized carbons (Fsp3) is 0.0400. The zero-order valence-corrected chi connectivity index (χ0v) is 18.5. The Hall–Kier alpha value is -3.22. The lowest BCUT2D eigenvalue weighted by Gasteiger charge is -2.13. The number of carbonyl (C=O) groups excluding carboxylic acids is 1. The Morgan fingerprint density at radius 1 is 0.742 bits per heavy atom. The van der Waals surface area contributed by atoms with Crippen molar-refractivity contribution in [2.24, 2.45) is 0 Å². The minimum atomic E-state index is -0.300. The summed E-state index contributed by atoms with van der Waals surface area (Å²) in [6, 6.07) is 31.4. The van der Waals surface area contributed by atoms with E-state index < -0.39 is 0 Å². The first kappa shape index (κ1) is 21.0. The Morgan fingerprint density at radius 3 is 2.10 bits per heavy atom. The molecule has 4 aromatic rings. The van der Waals surface area contributed by atoms with Crippen molar-refractivity contribution in [2.75, 3.05) is 10.6 Å². The molecule has 0 fully saturated rings. The topological polar surface area (TPSA) is 54.0 Å². The lowest BCUT2D eigenvalue weighted by Crippen LogP contribution is -2.20. The Kier molecular flexibility index (Phi) is 6.92. The zero-order chi connectivity index (χ0) is 21.5. The third kappa shape index (κ3) is 6.13. The van der Waals surface area contributed by atoms with Crippen LogP contribution in [0.15, 0.2) is 117 Å². The monoisotopic (exact) mass is 443 g/mol. The van der Waals surface area contributed by atoms with Crippen LogP contribution in [0.2, 0.25) is 0 Å². The van der Waals surface area contributed by atoms with Gasteiger partial charge in [0.1, 0.15) is 10.1 Å². The number of hydrogen-bond acceptors (Lipinski definition) is 4. The van der Waals surface area contributed by atoms with E-state index >= 15 is 0 Å². The van der Waals surface area contributed by atoms with Crippen molar-refractivity contribution in [1.82, 2.24) is 4.98 Å². The van der Waals surface area contributed by atoms with Gasteiger partial charge in [-0.3, -0.25) is 0 Å². The average Bonchev–Trinajstić information content (AvgIpc) is 2.77. The fourth-order valence-electron chi connectivity index (χ4n) is 2.87. The smallest absolute Gasteiger partial charge is 0.308 e. The highest BCUT2D eigenvalue weighted by Crippen LogP contribution is 2.35. The van der Waals surface area contributed by atoms with Crippen LogP contribution in [0.25, 0.3) is 0 Å². The highest BCUT2D eigenvalue weighted by atomic mass is 32.2. The van der Waals surface area contributed by atoms with Crippen molar-refractivity contribution in [3.05, 3.63) is 103 Å². The zero-order valence-electron chi connectivity index (χ0n) is 16.9. The van der Waals surface area contributed by atoms with Crippen LogP contribution in [0, 0.1) is 6.92 Å². The second-order valence-corrected chi connectivity index (χ2v) is 8.94. The molecule has 1 heterocycles. The molecular formula is C25H21N3OS2. The van der Waals surface area contributed by atoms with Gasteiger partial charge >= 0.3 is 6.03 Å². The van der Waals surface area contributed by atoms with Crippen LogP contribution >= 0.6 is 23.5 Å². The Balaban J connectivity index is 1.56. The molecule has 154 valence electrons. The van der Waals surface area contributed by atoms with Gasteiger partial charge in [-0.15, -0.1) is 0 Å². The van der Waals surface area contributed by atoms with E-state index in [1.54, 1.807) is 11.8 Å². The second kappa shape index (κ2) is 10.2. The molecule has 4 nitrogen and oxygen atoms in total. The van der Waals surface area contributed by atoms with Gasteiger partial charge < -0.3 is 10.6 Å². The van der Waals surface area contributed by atoms with Crippen LogP contribution in [-0.4, -0.2) is 11.0 Å². The first-order valence-electron chi connectivity index (χ1n) is 9.77. The number of amides is 2. The summed E-state index contributed by atoms with van der Waals surface area (Å²) in [6.45, 7) is 1.99. The van der Waals surface area contributed by atoms with Crippen LogP contribution < -0.4 is 10.6 Å². The predicted octanol–water partition coefficient (Wildman–Crippen LogP) is 7.34. The van der Waals surface area contributed by atoms with Crippen LogP contribution in [-0.2, 0) is 0 Å². The van der Waals surface area contributed by atoms with Crippen molar-refractivity contribution < 1.29 is 4.79 Å². The van der Waals surface area contributed by atoms with Gasteiger partial charge in [-0.1, -0.05) is 72.1 Å². The summed E-state index contributed by atoms with van der Waals surface area (Å²) in [5.74, 6) is 0. The highest BCUT2D eigenvalue weighted by molar-refractivity contribution is 8.00. The van der Waals surface area contributed by atoms with Gasteiger partial charge in [-0.25, -0.2) is 9.78 Å². The van der Waals surface area contributed by atoms with E-state index in [0.29, 0.717) is 5.69 Å². The van der Waals surface area contributed by atoms with Crippen molar-refractivity contribution in [1.29, 1.82) is 0 Å².